The molecule has 2 aromatic rings. The first-order valence-corrected chi connectivity index (χ1v) is 8.06. The van der Waals surface area contributed by atoms with Gasteiger partial charge in [-0.2, -0.15) is 0 Å². The van der Waals surface area contributed by atoms with Gasteiger partial charge in [0, 0.05) is 36.4 Å². The Bertz CT molecular complexity index is 543. The van der Waals surface area contributed by atoms with Gasteiger partial charge in [-0.3, -0.25) is 0 Å². The van der Waals surface area contributed by atoms with Crippen molar-refractivity contribution in [3.8, 4) is 5.75 Å². The highest BCUT2D eigenvalue weighted by Crippen LogP contribution is 2.17. The molecule has 114 valence electrons. The van der Waals surface area contributed by atoms with Crippen molar-refractivity contribution in [3.05, 3.63) is 45.9 Å². The Morgan fingerprint density at radius 3 is 2.81 bits per heavy atom. The molecule has 0 aliphatic rings. The molecule has 1 aromatic heterocycles. The van der Waals surface area contributed by atoms with Crippen LogP contribution in [0.2, 0.25) is 0 Å². The summed E-state index contributed by atoms with van der Waals surface area (Å²) in [5.74, 6) is 0.875. The molecule has 0 spiro atoms. The summed E-state index contributed by atoms with van der Waals surface area (Å²) in [6, 6.07) is 7.88. The van der Waals surface area contributed by atoms with Crippen molar-refractivity contribution in [2.45, 2.75) is 26.3 Å². The monoisotopic (exact) mass is 306 g/mol. The lowest BCUT2D eigenvalue weighted by molar-refractivity contribution is 0.122. The number of nitrogens with zero attached hydrogens (tertiary/aromatic N) is 1. The largest absolute Gasteiger partial charge is 0.493 e. The highest BCUT2D eigenvalue weighted by Gasteiger charge is 2.02. The molecule has 4 nitrogen and oxygen atoms in total. The Kier molecular flexibility index (Phi) is 6.66. The molecular formula is C16H22N2O2S. The van der Waals surface area contributed by atoms with Gasteiger partial charge >= 0.3 is 0 Å². The molecule has 0 fully saturated rings. The van der Waals surface area contributed by atoms with Crippen molar-refractivity contribution < 1.29 is 9.47 Å². The number of rotatable bonds is 9. The second-order valence-electron chi connectivity index (χ2n) is 4.74. The average Bonchev–Trinajstić information content (AvgIpc) is 2.92. The fourth-order valence-electron chi connectivity index (χ4n) is 1.99. The second-order valence-corrected chi connectivity index (χ2v) is 5.68. The van der Waals surface area contributed by atoms with Gasteiger partial charge in [-0.05, 0) is 13.0 Å². The Morgan fingerprint density at radius 2 is 2.05 bits per heavy atom. The maximum atomic E-state index is 5.73. The third-order valence-corrected chi connectivity index (χ3v) is 4.20. The number of thiazole rings is 1. The van der Waals surface area contributed by atoms with Crippen LogP contribution in [0.3, 0.4) is 0 Å². The SMILES string of the molecule is Cc1ncsc1CCOCCCOc1ccccc1CN. The summed E-state index contributed by atoms with van der Waals surface area (Å²) in [6.45, 7) is 4.64. The molecule has 0 aliphatic carbocycles. The van der Waals surface area contributed by atoms with E-state index < -0.39 is 0 Å². The molecular weight excluding hydrogens is 284 g/mol. The Morgan fingerprint density at radius 1 is 1.19 bits per heavy atom. The molecule has 5 heteroatoms. The van der Waals surface area contributed by atoms with Crippen LogP contribution < -0.4 is 10.5 Å². The normalized spacial score (nSPS) is 10.8. The molecule has 0 amide bonds. The van der Waals surface area contributed by atoms with Gasteiger partial charge < -0.3 is 15.2 Å². The van der Waals surface area contributed by atoms with E-state index in [1.54, 1.807) is 11.3 Å². The minimum atomic E-state index is 0.501. The van der Waals surface area contributed by atoms with E-state index in [1.807, 2.05) is 36.7 Å². The molecule has 1 aromatic carbocycles. The predicted molar refractivity (Wildman–Crippen MR) is 85.8 cm³/mol. The van der Waals surface area contributed by atoms with Crippen molar-refractivity contribution in [1.82, 2.24) is 4.98 Å². The number of aryl methyl sites for hydroxylation is 1. The van der Waals surface area contributed by atoms with Gasteiger partial charge in [-0.1, -0.05) is 18.2 Å². The molecule has 2 rings (SSSR count). The van der Waals surface area contributed by atoms with Crippen LogP contribution in [0.5, 0.6) is 5.75 Å². The number of para-hydroxylation sites is 1. The first kappa shape index (κ1) is 15.9. The minimum absolute atomic E-state index is 0.501. The summed E-state index contributed by atoms with van der Waals surface area (Å²) in [5, 5.41) is 0. The van der Waals surface area contributed by atoms with Crippen LogP contribution in [-0.4, -0.2) is 24.8 Å². The number of aromatic nitrogens is 1. The first-order valence-electron chi connectivity index (χ1n) is 7.18. The molecule has 1 heterocycles. The highest BCUT2D eigenvalue weighted by atomic mass is 32.1. The van der Waals surface area contributed by atoms with E-state index in [-0.39, 0.29) is 0 Å². The first-order chi connectivity index (χ1) is 10.3. The molecule has 21 heavy (non-hydrogen) atoms. The predicted octanol–water partition coefficient (Wildman–Crippen LogP) is 2.94. The molecule has 0 radical (unpaired) electrons. The van der Waals surface area contributed by atoms with Gasteiger partial charge in [-0.15, -0.1) is 11.3 Å². The van der Waals surface area contributed by atoms with Crippen molar-refractivity contribution in [1.29, 1.82) is 0 Å². The van der Waals surface area contributed by atoms with Gasteiger partial charge in [0.15, 0.2) is 0 Å². The molecule has 0 bridgehead atoms. The van der Waals surface area contributed by atoms with Gasteiger partial charge in [-0.25, -0.2) is 4.98 Å². The van der Waals surface area contributed by atoms with E-state index in [9.17, 15) is 0 Å². The lowest BCUT2D eigenvalue weighted by Gasteiger charge is -2.10. The summed E-state index contributed by atoms with van der Waals surface area (Å²) >= 11 is 1.69. The molecule has 0 saturated carbocycles. The third-order valence-electron chi connectivity index (χ3n) is 3.20. The van der Waals surface area contributed by atoms with Crippen LogP contribution in [0, 0.1) is 6.92 Å². The van der Waals surface area contributed by atoms with Crippen LogP contribution in [-0.2, 0) is 17.7 Å². The molecule has 0 aliphatic heterocycles. The van der Waals surface area contributed by atoms with E-state index in [0.29, 0.717) is 19.8 Å². The minimum Gasteiger partial charge on any atom is -0.493 e. The van der Waals surface area contributed by atoms with Crippen LogP contribution in [0.4, 0.5) is 0 Å². The molecule has 0 saturated heterocycles. The van der Waals surface area contributed by atoms with E-state index in [0.717, 1.165) is 36.5 Å². The smallest absolute Gasteiger partial charge is 0.123 e. The van der Waals surface area contributed by atoms with Crippen molar-refractivity contribution in [3.63, 3.8) is 0 Å². The summed E-state index contributed by atoms with van der Waals surface area (Å²) < 4.78 is 11.4. The Balaban J connectivity index is 1.57. The van der Waals surface area contributed by atoms with E-state index >= 15 is 0 Å². The van der Waals surface area contributed by atoms with Gasteiger partial charge in [0.25, 0.3) is 0 Å². The summed E-state index contributed by atoms with van der Waals surface area (Å²) in [4.78, 5) is 5.54. The van der Waals surface area contributed by atoms with Crippen molar-refractivity contribution >= 4 is 11.3 Å². The van der Waals surface area contributed by atoms with Crippen LogP contribution in [0.25, 0.3) is 0 Å². The number of benzene rings is 1. The topological polar surface area (TPSA) is 57.4 Å². The standard InChI is InChI=1S/C16H22N2O2S/c1-13-16(21-12-18-13)7-10-19-8-4-9-20-15-6-3-2-5-14(15)11-17/h2-3,5-6,12H,4,7-11,17H2,1H3. The average molecular weight is 306 g/mol. The van der Waals surface area contributed by atoms with E-state index in [4.69, 9.17) is 15.2 Å². The molecule has 0 atom stereocenters. The maximum Gasteiger partial charge on any atom is 0.123 e. The lowest BCUT2D eigenvalue weighted by atomic mass is 10.2. The third kappa shape index (κ3) is 5.12. The Labute approximate surface area is 129 Å². The molecule has 2 N–H and O–H groups in total. The Hall–Kier alpha value is -1.43. The maximum absolute atomic E-state index is 5.73. The highest BCUT2D eigenvalue weighted by molar-refractivity contribution is 7.09. The quantitative estimate of drug-likeness (QED) is 0.724. The van der Waals surface area contributed by atoms with E-state index in [1.165, 1.54) is 4.88 Å². The fraction of sp³-hybridized carbons (Fsp3) is 0.438. The van der Waals surface area contributed by atoms with Gasteiger partial charge in [0.05, 0.1) is 24.4 Å². The lowest BCUT2D eigenvalue weighted by Crippen LogP contribution is -2.07. The molecule has 0 unspecified atom stereocenters. The summed E-state index contributed by atoms with van der Waals surface area (Å²) in [7, 11) is 0. The zero-order chi connectivity index (χ0) is 14.9. The van der Waals surface area contributed by atoms with Crippen LogP contribution >= 0.6 is 11.3 Å². The number of hydrogen-bond donors (Lipinski definition) is 1. The number of nitrogens with two attached hydrogens (primary N) is 1. The second kappa shape index (κ2) is 8.77. The zero-order valence-corrected chi connectivity index (χ0v) is 13.2. The number of ether oxygens (including phenoxy) is 2. The van der Waals surface area contributed by atoms with Crippen LogP contribution in [0.15, 0.2) is 29.8 Å². The van der Waals surface area contributed by atoms with Crippen LogP contribution in [0.1, 0.15) is 22.6 Å². The van der Waals surface area contributed by atoms with E-state index in [2.05, 4.69) is 4.98 Å². The number of hydrogen-bond acceptors (Lipinski definition) is 5. The van der Waals surface area contributed by atoms with Gasteiger partial charge in [0.2, 0.25) is 0 Å². The van der Waals surface area contributed by atoms with Gasteiger partial charge in [0.1, 0.15) is 5.75 Å². The summed E-state index contributed by atoms with van der Waals surface area (Å²) in [5.41, 5.74) is 9.71. The summed E-state index contributed by atoms with van der Waals surface area (Å²) in [6.07, 6.45) is 1.81. The zero-order valence-electron chi connectivity index (χ0n) is 12.4. The van der Waals surface area contributed by atoms with Crippen molar-refractivity contribution in [2.24, 2.45) is 5.73 Å². The fourth-order valence-corrected chi connectivity index (χ4v) is 2.75. The van der Waals surface area contributed by atoms with Crippen molar-refractivity contribution in [2.75, 3.05) is 19.8 Å².